The highest BCUT2D eigenvalue weighted by molar-refractivity contribution is 6.30. The number of nitrogens with zero attached hydrogens (tertiary/aromatic N) is 2. The number of aromatic nitrogens is 2. The van der Waals surface area contributed by atoms with Crippen LogP contribution >= 0.6 is 11.6 Å². The molecule has 1 rings (SSSR count). The summed E-state index contributed by atoms with van der Waals surface area (Å²) in [6, 6.07) is 0. The smallest absolute Gasteiger partial charge is 0.333 e. The van der Waals surface area contributed by atoms with Gasteiger partial charge in [0.1, 0.15) is 0 Å². The maximum atomic E-state index is 11.1. The predicted octanol–water partition coefficient (Wildman–Crippen LogP) is 1.45. The fourth-order valence-corrected chi connectivity index (χ4v) is 2.37. The van der Waals surface area contributed by atoms with E-state index in [1.807, 2.05) is 0 Å². The minimum Gasteiger partial charge on any atom is -0.479 e. The van der Waals surface area contributed by atoms with Gasteiger partial charge in [0.15, 0.2) is 11.3 Å². The molecule has 0 amide bonds. The Bertz CT molecular complexity index is 381. The van der Waals surface area contributed by atoms with E-state index in [1.165, 1.54) is 7.11 Å². The summed E-state index contributed by atoms with van der Waals surface area (Å²) in [5, 5.41) is 9.39. The minimum absolute atomic E-state index is 0.302. The molecule has 0 aromatic carbocycles. The highest BCUT2D eigenvalue weighted by atomic mass is 35.5. The van der Waals surface area contributed by atoms with Crippen LogP contribution in [0.2, 0.25) is 5.15 Å². The quantitative estimate of drug-likeness (QED) is 0.873. The van der Waals surface area contributed by atoms with E-state index in [2.05, 4.69) is 4.98 Å². The molecule has 1 heterocycles. The Balaban J connectivity index is 3.24. The van der Waals surface area contributed by atoms with Gasteiger partial charge < -0.3 is 14.4 Å². The lowest BCUT2D eigenvalue weighted by atomic mass is 9.83. The maximum Gasteiger partial charge on any atom is 0.333 e. The second-order valence-electron chi connectivity index (χ2n) is 4.17. The predicted molar refractivity (Wildman–Crippen MR) is 59.7 cm³/mol. The lowest BCUT2D eigenvalue weighted by Gasteiger charge is -2.30. The first-order chi connectivity index (χ1) is 7.32. The summed E-state index contributed by atoms with van der Waals surface area (Å²) in [4.78, 5) is 15.0. The van der Waals surface area contributed by atoms with Crippen molar-refractivity contribution in [2.75, 3.05) is 7.11 Å². The van der Waals surface area contributed by atoms with E-state index in [0.29, 0.717) is 10.8 Å². The molecule has 0 spiro atoms. The zero-order valence-corrected chi connectivity index (χ0v) is 10.4. The van der Waals surface area contributed by atoms with Crippen LogP contribution in [-0.2, 0) is 22.0 Å². The average Bonchev–Trinajstić information content (AvgIpc) is 2.46. The van der Waals surface area contributed by atoms with Gasteiger partial charge in [-0.15, -0.1) is 0 Å². The Morgan fingerprint density at radius 2 is 2.25 bits per heavy atom. The highest BCUT2D eigenvalue weighted by Crippen LogP contribution is 2.33. The molecule has 0 fully saturated rings. The number of carbonyl (C=O) groups is 1. The van der Waals surface area contributed by atoms with Gasteiger partial charge in [-0.1, -0.05) is 25.4 Å². The van der Waals surface area contributed by atoms with Crippen LogP contribution in [0.4, 0.5) is 0 Å². The van der Waals surface area contributed by atoms with Crippen molar-refractivity contribution in [3.05, 3.63) is 17.2 Å². The van der Waals surface area contributed by atoms with Crippen LogP contribution in [0.1, 0.15) is 19.5 Å². The number of hydrogen-bond donors (Lipinski definition) is 1. The first-order valence-corrected chi connectivity index (χ1v) is 5.13. The third-order valence-electron chi connectivity index (χ3n) is 2.62. The van der Waals surface area contributed by atoms with E-state index in [4.69, 9.17) is 21.4 Å². The number of methoxy groups -OCH3 is 1. The molecule has 0 aliphatic rings. The molecule has 1 aromatic rings. The van der Waals surface area contributed by atoms with Gasteiger partial charge in [0.05, 0.1) is 12.0 Å². The molecule has 0 saturated carbocycles. The van der Waals surface area contributed by atoms with Gasteiger partial charge in [0.2, 0.25) is 0 Å². The van der Waals surface area contributed by atoms with Crippen LogP contribution in [0, 0.1) is 0 Å². The second-order valence-corrected chi connectivity index (χ2v) is 4.53. The molecule has 0 aliphatic heterocycles. The van der Waals surface area contributed by atoms with Crippen LogP contribution in [0.25, 0.3) is 0 Å². The Morgan fingerprint density at radius 3 is 2.56 bits per heavy atom. The van der Waals surface area contributed by atoms with Crippen molar-refractivity contribution in [2.45, 2.75) is 25.4 Å². The number of carboxylic acid groups (broad SMARTS) is 1. The van der Waals surface area contributed by atoms with Crippen LogP contribution in [0.5, 0.6) is 0 Å². The van der Waals surface area contributed by atoms with E-state index in [1.54, 1.807) is 31.8 Å². The minimum atomic E-state index is -1.02. The fourth-order valence-electron chi connectivity index (χ4n) is 1.95. The van der Waals surface area contributed by atoms with E-state index < -0.39 is 17.5 Å². The molecule has 0 radical (unpaired) electrons. The van der Waals surface area contributed by atoms with Crippen molar-refractivity contribution >= 4 is 17.6 Å². The Morgan fingerprint density at radius 1 is 1.69 bits per heavy atom. The summed E-state index contributed by atoms with van der Waals surface area (Å²) in [5.74, 6) is -1.02. The third kappa shape index (κ3) is 2.05. The summed E-state index contributed by atoms with van der Waals surface area (Å²) >= 11 is 5.95. The molecule has 1 unspecified atom stereocenters. The molecular weight excluding hydrogens is 232 g/mol. The second kappa shape index (κ2) is 4.43. The number of aliphatic carboxylic acids is 1. The molecule has 5 nitrogen and oxygen atoms in total. The summed E-state index contributed by atoms with van der Waals surface area (Å²) in [6.07, 6.45) is 0.578. The molecule has 0 saturated heterocycles. The molecular formula is C10H15ClN2O3. The first kappa shape index (κ1) is 13.0. The molecule has 1 N–H and O–H groups in total. The topological polar surface area (TPSA) is 64.3 Å². The zero-order valence-electron chi connectivity index (χ0n) is 9.69. The summed E-state index contributed by atoms with van der Waals surface area (Å²) < 4.78 is 6.72. The monoisotopic (exact) mass is 246 g/mol. The largest absolute Gasteiger partial charge is 0.479 e. The van der Waals surface area contributed by atoms with E-state index >= 15 is 0 Å². The van der Waals surface area contributed by atoms with E-state index in [-0.39, 0.29) is 0 Å². The molecule has 1 aromatic heterocycles. The molecule has 16 heavy (non-hydrogen) atoms. The number of ether oxygens (including phenoxy) is 1. The van der Waals surface area contributed by atoms with Crippen molar-refractivity contribution in [3.8, 4) is 0 Å². The summed E-state index contributed by atoms with van der Waals surface area (Å²) in [6.45, 7) is 3.52. The normalized spacial score (nSPS) is 13.8. The molecule has 1 atom stereocenters. The van der Waals surface area contributed by atoms with Crippen molar-refractivity contribution in [1.82, 2.24) is 9.55 Å². The SMILES string of the molecule is COC(C(=O)O)C(C)(C)c1c(Cl)ncn1C. The number of imidazole rings is 1. The first-order valence-electron chi connectivity index (χ1n) is 4.75. The Kier molecular flexibility index (Phi) is 3.60. The number of halogens is 1. The highest BCUT2D eigenvalue weighted by Gasteiger charge is 2.40. The molecule has 90 valence electrons. The Labute approximate surface area is 99.0 Å². The van der Waals surface area contributed by atoms with Gasteiger partial charge in [-0.3, -0.25) is 0 Å². The lowest BCUT2D eigenvalue weighted by Crippen LogP contribution is -2.42. The summed E-state index contributed by atoms with van der Waals surface area (Å²) in [5.41, 5.74) is -0.119. The van der Waals surface area contributed by atoms with Crippen molar-refractivity contribution < 1.29 is 14.6 Å². The number of aryl methyl sites for hydroxylation is 1. The lowest BCUT2D eigenvalue weighted by molar-refractivity contribution is -0.152. The van der Waals surface area contributed by atoms with Crippen molar-refractivity contribution in [2.24, 2.45) is 7.05 Å². The van der Waals surface area contributed by atoms with Crippen LogP contribution in [-0.4, -0.2) is 33.8 Å². The van der Waals surface area contributed by atoms with Crippen molar-refractivity contribution in [3.63, 3.8) is 0 Å². The number of carboxylic acids is 1. The zero-order chi connectivity index (χ0) is 12.5. The van der Waals surface area contributed by atoms with E-state index in [9.17, 15) is 4.79 Å². The van der Waals surface area contributed by atoms with Gasteiger partial charge >= 0.3 is 5.97 Å². The van der Waals surface area contributed by atoms with Gasteiger partial charge in [0, 0.05) is 19.6 Å². The Hall–Kier alpha value is -1.07. The maximum absolute atomic E-state index is 11.1. The third-order valence-corrected chi connectivity index (χ3v) is 2.89. The number of rotatable bonds is 4. The van der Waals surface area contributed by atoms with E-state index in [0.717, 1.165) is 0 Å². The van der Waals surface area contributed by atoms with Crippen LogP contribution < -0.4 is 0 Å². The van der Waals surface area contributed by atoms with Gasteiger partial charge in [-0.05, 0) is 0 Å². The summed E-state index contributed by atoms with van der Waals surface area (Å²) in [7, 11) is 3.13. The number of hydrogen-bond acceptors (Lipinski definition) is 3. The van der Waals surface area contributed by atoms with Gasteiger partial charge in [0.25, 0.3) is 0 Å². The van der Waals surface area contributed by atoms with Crippen LogP contribution in [0.15, 0.2) is 6.33 Å². The van der Waals surface area contributed by atoms with Crippen LogP contribution in [0.3, 0.4) is 0 Å². The molecule has 6 heteroatoms. The fraction of sp³-hybridized carbons (Fsp3) is 0.600. The van der Waals surface area contributed by atoms with Crippen molar-refractivity contribution in [1.29, 1.82) is 0 Å². The standard InChI is InChI=1S/C10H15ClN2O3/c1-10(2,7(16-4)9(14)15)6-8(11)12-5-13(6)3/h5,7H,1-4H3,(H,14,15). The van der Waals surface area contributed by atoms with Gasteiger partial charge in [-0.2, -0.15) is 0 Å². The average molecular weight is 247 g/mol. The van der Waals surface area contributed by atoms with Gasteiger partial charge in [-0.25, -0.2) is 9.78 Å². The molecule has 0 bridgehead atoms. The molecule has 0 aliphatic carbocycles.